The molecular formula is C24H44PtSb4+2. The maximum atomic E-state index is 2.50. The van der Waals surface area contributed by atoms with E-state index in [9.17, 15) is 0 Å². The van der Waals surface area contributed by atoms with Crippen LogP contribution in [0.15, 0.2) is 48.5 Å². The third kappa shape index (κ3) is 15.0. The van der Waals surface area contributed by atoms with Gasteiger partial charge in [-0.1, -0.05) is 0 Å². The van der Waals surface area contributed by atoms with E-state index in [-0.39, 0.29) is 21.1 Å². The molecule has 0 aliphatic rings. The van der Waals surface area contributed by atoms with Crippen molar-refractivity contribution in [1.29, 1.82) is 0 Å². The summed E-state index contributed by atoms with van der Waals surface area (Å²) in [5, 5.41) is 0. The predicted octanol–water partition coefficient (Wildman–Crippen LogP) is 5.64. The van der Waals surface area contributed by atoms with Crippen molar-refractivity contribution >= 4 is 80.8 Å². The molecule has 4 radical (unpaired) electrons. The largest absolute Gasteiger partial charge is 2.00 e. The Bertz CT molecular complexity index is 567. The van der Waals surface area contributed by atoms with Gasteiger partial charge in [0.2, 0.25) is 0 Å². The van der Waals surface area contributed by atoms with Gasteiger partial charge in [0.1, 0.15) is 0 Å². The Morgan fingerprint density at radius 1 is 0.414 bits per heavy atom. The van der Waals surface area contributed by atoms with Crippen molar-refractivity contribution < 1.29 is 21.1 Å². The van der Waals surface area contributed by atoms with Gasteiger partial charge in [0.25, 0.3) is 0 Å². The Kier molecular flexibility index (Phi) is 19.3. The molecule has 0 amide bonds. The molecule has 0 aliphatic heterocycles. The minimum absolute atomic E-state index is 0. The summed E-state index contributed by atoms with van der Waals surface area (Å²) >= 11 is -3.83. The average Bonchev–Trinajstić information content (AvgIpc) is 2.57. The molecule has 2 aromatic carbocycles. The van der Waals surface area contributed by atoms with E-state index in [1.54, 1.807) is 22.3 Å². The van der Waals surface area contributed by atoms with E-state index in [2.05, 4.69) is 87.5 Å². The summed E-state index contributed by atoms with van der Waals surface area (Å²) < 4.78 is 5.76. The van der Waals surface area contributed by atoms with Crippen molar-refractivity contribution in [2.45, 2.75) is 56.4 Å². The molecule has 0 saturated heterocycles. The molecule has 2 rings (SSSR count). The zero-order valence-corrected chi connectivity index (χ0v) is 33.5. The van der Waals surface area contributed by atoms with E-state index >= 15 is 0 Å². The van der Waals surface area contributed by atoms with Crippen LogP contribution in [0.25, 0.3) is 0 Å². The van der Waals surface area contributed by atoms with Crippen molar-refractivity contribution in [3.8, 4) is 0 Å². The van der Waals surface area contributed by atoms with Gasteiger partial charge in [0.05, 0.1) is 0 Å². The molecule has 0 atom stereocenters. The van der Waals surface area contributed by atoms with Gasteiger partial charge >= 0.3 is 229 Å². The van der Waals surface area contributed by atoms with Gasteiger partial charge in [-0.05, 0) is 0 Å². The quantitative estimate of drug-likeness (QED) is 0.301. The number of hydrogen-bond donors (Lipinski definition) is 0. The minimum atomic E-state index is -0.958. The summed E-state index contributed by atoms with van der Waals surface area (Å²) in [6.07, 6.45) is 0. The van der Waals surface area contributed by atoms with Crippen molar-refractivity contribution in [1.82, 2.24) is 0 Å². The van der Waals surface area contributed by atoms with Gasteiger partial charge in [-0.15, -0.1) is 0 Å². The molecule has 0 heterocycles. The van der Waals surface area contributed by atoms with Crippen LogP contribution in [0.2, 0.25) is 39.0 Å². The predicted molar refractivity (Wildman–Crippen MR) is 143 cm³/mol. The fraction of sp³-hybridized carbons (Fsp3) is 0.500. The fourth-order valence-electron chi connectivity index (χ4n) is 3.33. The van der Waals surface area contributed by atoms with E-state index in [1.165, 1.54) is 17.5 Å². The topological polar surface area (TPSA) is 0 Å². The number of benzene rings is 2. The van der Waals surface area contributed by atoms with Gasteiger partial charge in [0.15, 0.2) is 0 Å². The normalized spacial score (nSPS) is 10.9. The maximum Gasteiger partial charge on any atom is 2.00 e. The Morgan fingerprint density at radius 2 is 0.586 bits per heavy atom. The Labute approximate surface area is 225 Å². The van der Waals surface area contributed by atoms with Crippen LogP contribution in [-0.4, -0.2) is 80.8 Å². The molecule has 0 aromatic heterocycles. The zero-order chi connectivity index (χ0) is 21.1. The molecule has 0 N–H and O–H groups in total. The smallest absolute Gasteiger partial charge is 2.00 e. The minimum Gasteiger partial charge on any atom is 2.00 e. The van der Waals surface area contributed by atoms with Gasteiger partial charge in [-0.3, -0.25) is 0 Å². The van der Waals surface area contributed by atoms with Crippen LogP contribution in [0.3, 0.4) is 0 Å². The number of hydrogen-bond acceptors (Lipinski definition) is 0. The van der Waals surface area contributed by atoms with Gasteiger partial charge in [-0.25, -0.2) is 0 Å². The van der Waals surface area contributed by atoms with Crippen LogP contribution >= 0.6 is 0 Å². The molecule has 0 nitrogen and oxygen atoms in total. The second-order valence-corrected chi connectivity index (χ2v) is 40.7. The van der Waals surface area contributed by atoms with Crippen molar-refractivity contribution in [2.75, 3.05) is 0 Å². The van der Waals surface area contributed by atoms with E-state index in [0.29, 0.717) is 0 Å². The van der Waals surface area contributed by atoms with Crippen molar-refractivity contribution in [3.05, 3.63) is 70.8 Å². The van der Waals surface area contributed by atoms with E-state index in [0.717, 1.165) is 0 Å². The van der Waals surface area contributed by atoms with E-state index in [4.69, 9.17) is 0 Å². The molecule has 0 spiro atoms. The Morgan fingerprint density at radius 3 is 0.724 bits per heavy atom. The van der Waals surface area contributed by atoms with Crippen LogP contribution in [0, 0.1) is 0 Å². The molecule has 2 aromatic rings. The summed E-state index contributed by atoms with van der Waals surface area (Å²) in [5.74, 6) is 0. The summed E-state index contributed by atoms with van der Waals surface area (Å²) in [6, 6.07) is 18.3. The van der Waals surface area contributed by atoms with Crippen molar-refractivity contribution in [2.24, 2.45) is 0 Å². The first kappa shape index (κ1) is 31.4. The maximum absolute atomic E-state index is 2.50. The summed E-state index contributed by atoms with van der Waals surface area (Å²) in [7, 11) is 0. The third-order valence-corrected chi connectivity index (χ3v) is 16.8. The zero-order valence-electron chi connectivity index (χ0n) is 19.8. The van der Waals surface area contributed by atoms with Gasteiger partial charge in [-0.2, -0.15) is 0 Å². The molecule has 0 saturated carbocycles. The molecular weight excluding hydrogens is 970 g/mol. The summed E-state index contributed by atoms with van der Waals surface area (Å²) in [5.41, 5.74) is 6.70. The molecule has 29 heavy (non-hydrogen) atoms. The second kappa shape index (κ2) is 17.8. The summed E-state index contributed by atoms with van der Waals surface area (Å²) in [4.78, 5) is 20.0. The molecule has 0 unspecified atom stereocenters. The standard InChI is InChI=1S/2C8H8.8CH3.Pt.4Sb.4H/c2*1-7-5-3-4-6-8(7)2;;;;;;;;;;;;;;;;;/h2*3-6H,1-2H2;8*1H3;;;;;;;;;/q;;;;;;;;;;+2;;;;;;;;. The molecule has 168 valence electrons. The number of rotatable bonds is 8. The third-order valence-electron chi connectivity index (χ3n) is 4.41. The van der Waals surface area contributed by atoms with Crippen LogP contribution in [-0.2, 0) is 38.5 Å². The van der Waals surface area contributed by atoms with Crippen LogP contribution in [0.1, 0.15) is 22.3 Å². The average molecular weight is 1010 g/mol. The molecule has 5 heteroatoms. The molecule has 0 bridgehead atoms. The molecule has 0 aliphatic carbocycles. The second-order valence-electron chi connectivity index (χ2n) is 9.07. The van der Waals surface area contributed by atoms with Crippen LogP contribution in [0.4, 0.5) is 0 Å². The van der Waals surface area contributed by atoms with Gasteiger partial charge in [0, 0.05) is 0 Å². The Hall–Kier alpha value is 2.40. The monoisotopic (exact) mass is 1010 g/mol. The first-order chi connectivity index (χ1) is 13.2. The SMILES string of the molecule is [CH3][SbH]([CH3])[CH2]c1ccccc1[CH2][SbH]([CH3])[CH3].[CH3][SbH]([CH3])[CH2]c1ccccc1[CH2][SbH]([CH3])[CH3].[Pt+2]. The van der Waals surface area contributed by atoms with E-state index in [1.807, 2.05) is 0 Å². The van der Waals surface area contributed by atoms with E-state index < -0.39 is 80.8 Å². The first-order valence-electron chi connectivity index (χ1n) is 10.5. The molecule has 0 fully saturated rings. The fourth-order valence-corrected chi connectivity index (χ4v) is 16.0. The Balaban J connectivity index is 0.000000523. The van der Waals surface area contributed by atoms with Crippen molar-refractivity contribution in [3.63, 3.8) is 0 Å². The summed E-state index contributed by atoms with van der Waals surface area (Å²) in [6.45, 7) is 0. The van der Waals surface area contributed by atoms with Gasteiger partial charge < -0.3 is 0 Å². The van der Waals surface area contributed by atoms with Crippen LogP contribution < -0.4 is 0 Å². The van der Waals surface area contributed by atoms with Crippen LogP contribution in [0.5, 0.6) is 0 Å². The first-order valence-corrected chi connectivity index (χ1v) is 41.4.